The Morgan fingerprint density at radius 2 is 1.96 bits per heavy atom. The number of alkyl halides is 2. The number of nitrogens with zero attached hydrogens (tertiary/aromatic N) is 1. The van der Waals surface area contributed by atoms with Gasteiger partial charge in [-0.05, 0) is 37.7 Å². The van der Waals surface area contributed by atoms with Crippen molar-refractivity contribution in [3.05, 3.63) is 29.3 Å². The van der Waals surface area contributed by atoms with Gasteiger partial charge in [0.05, 0.1) is 0 Å². The molecular weight excluding hydrogens is 479 g/mol. The quantitative estimate of drug-likeness (QED) is 0.292. The van der Waals surface area contributed by atoms with Crippen molar-refractivity contribution in [3.63, 3.8) is 0 Å². The molecule has 1 aliphatic rings. The molecule has 0 bridgehead atoms. The molecule has 0 aliphatic heterocycles. The second-order valence-corrected chi connectivity index (χ2v) is 7.22. The number of aryl methyl sites for hydroxylation is 1. The second-order valence-electron chi connectivity index (χ2n) is 7.22. The summed E-state index contributed by atoms with van der Waals surface area (Å²) in [6.07, 6.45) is 5.89. The molecule has 5 nitrogen and oxygen atoms in total. The third kappa shape index (κ3) is 7.69. The molecule has 0 aromatic heterocycles. The molecule has 0 spiro atoms. The molecule has 1 aromatic rings. The average Bonchev–Trinajstić information content (AvgIpc) is 3.11. The van der Waals surface area contributed by atoms with Crippen molar-refractivity contribution < 1.29 is 18.3 Å². The summed E-state index contributed by atoms with van der Waals surface area (Å²) in [5, 5.41) is 6.61. The fourth-order valence-corrected chi connectivity index (χ4v) is 3.69. The summed E-state index contributed by atoms with van der Waals surface area (Å²) in [5.74, 6) is 0.842. The van der Waals surface area contributed by atoms with Crippen LogP contribution in [0.1, 0.15) is 43.2 Å². The Hall–Kier alpha value is -1.16. The predicted molar refractivity (Wildman–Crippen MR) is 119 cm³/mol. The number of hydrogen-bond donors (Lipinski definition) is 2. The van der Waals surface area contributed by atoms with Gasteiger partial charge in [-0.15, -0.1) is 24.0 Å². The van der Waals surface area contributed by atoms with Gasteiger partial charge in [-0.2, -0.15) is 8.78 Å². The Bertz CT molecular complexity index is 623. The molecule has 28 heavy (non-hydrogen) atoms. The van der Waals surface area contributed by atoms with Gasteiger partial charge in [0.25, 0.3) is 0 Å². The summed E-state index contributed by atoms with van der Waals surface area (Å²) in [4.78, 5) is 4.26. The van der Waals surface area contributed by atoms with Crippen molar-refractivity contribution in [1.82, 2.24) is 10.6 Å². The number of hydrogen-bond acceptors (Lipinski definition) is 3. The van der Waals surface area contributed by atoms with Crippen molar-refractivity contribution in [1.29, 1.82) is 0 Å². The standard InChI is InChI=1S/C20H31F2N3O2.HI/c1-15-6-7-17(27-18(21)22)16(12-15)13-24-19(23-2)25-14-20(10-11-26-3)8-4-5-9-20;/h6-7,12,18H,4-5,8-11,13-14H2,1-3H3,(H2,23,24,25);1H. The Balaban J connectivity index is 0.00000392. The van der Waals surface area contributed by atoms with Gasteiger partial charge in [-0.3, -0.25) is 4.99 Å². The predicted octanol–water partition coefficient (Wildman–Crippen LogP) is 4.48. The zero-order chi connectivity index (χ0) is 19.7. The minimum absolute atomic E-state index is 0. The summed E-state index contributed by atoms with van der Waals surface area (Å²) in [6, 6.07) is 5.18. The molecular formula is C20H32F2IN3O2. The normalized spacial score (nSPS) is 16.0. The molecule has 1 aromatic carbocycles. The minimum Gasteiger partial charge on any atom is -0.434 e. The smallest absolute Gasteiger partial charge is 0.387 e. The van der Waals surface area contributed by atoms with E-state index < -0.39 is 6.61 Å². The maximum Gasteiger partial charge on any atom is 0.387 e. The Kier molecular flexibility index (Phi) is 11.0. The topological polar surface area (TPSA) is 54.9 Å². The molecule has 0 heterocycles. The first-order valence-corrected chi connectivity index (χ1v) is 9.46. The summed E-state index contributed by atoms with van der Waals surface area (Å²) in [7, 11) is 3.44. The van der Waals surface area contributed by atoms with Crippen molar-refractivity contribution in [2.24, 2.45) is 10.4 Å². The maximum absolute atomic E-state index is 12.6. The summed E-state index contributed by atoms with van der Waals surface area (Å²) >= 11 is 0. The van der Waals surface area contributed by atoms with E-state index in [0.717, 1.165) is 25.1 Å². The van der Waals surface area contributed by atoms with Crippen LogP contribution < -0.4 is 15.4 Å². The van der Waals surface area contributed by atoms with Gasteiger partial charge in [-0.1, -0.05) is 30.5 Å². The van der Waals surface area contributed by atoms with E-state index in [1.165, 1.54) is 25.7 Å². The van der Waals surface area contributed by atoms with E-state index in [-0.39, 0.29) is 35.1 Å². The van der Waals surface area contributed by atoms with Crippen molar-refractivity contribution in [2.45, 2.75) is 52.2 Å². The highest BCUT2D eigenvalue weighted by atomic mass is 127. The molecule has 0 saturated heterocycles. The monoisotopic (exact) mass is 511 g/mol. The highest BCUT2D eigenvalue weighted by Crippen LogP contribution is 2.40. The molecule has 2 N–H and O–H groups in total. The Morgan fingerprint density at radius 3 is 2.57 bits per heavy atom. The molecule has 0 unspecified atom stereocenters. The van der Waals surface area contributed by atoms with Gasteiger partial charge in [0.15, 0.2) is 5.96 Å². The number of benzene rings is 1. The van der Waals surface area contributed by atoms with Crippen LogP contribution in [-0.4, -0.2) is 39.9 Å². The lowest BCUT2D eigenvalue weighted by Gasteiger charge is -2.30. The van der Waals surface area contributed by atoms with Crippen molar-refractivity contribution in [2.75, 3.05) is 27.3 Å². The first-order valence-electron chi connectivity index (χ1n) is 9.46. The van der Waals surface area contributed by atoms with Gasteiger partial charge in [0.1, 0.15) is 5.75 Å². The second kappa shape index (κ2) is 12.4. The summed E-state index contributed by atoms with van der Waals surface area (Å²) < 4.78 is 35.1. The lowest BCUT2D eigenvalue weighted by Crippen LogP contribution is -2.43. The molecule has 160 valence electrons. The van der Waals surface area contributed by atoms with Crippen molar-refractivity contribution in [3.8, 4) is 5.75 Å². The molecule has 0 amide bonds. The highest BCUT2D eigenvalue weighted by molar-refractivity contribution is 14.0. The number of halogens is 3. The average molecular weight is 511 g/mol. The van der Waals surface area contributed by atoms with E-state index in [9.17, 15) is 8.78 Å². The largest absolute Gasteiger partial charge is 0.434 e. The van der Waals surface area contributed by atoms with E-state index in [1.807, 2.05) is 13.0 Å². The molecule has 8 heteroatoms. The van der Waals surface area contributed by atoms with E-state index in [0.29, 0.717) is 18.1 Å². The first kappa shape index (κ1) is 24.9. The molecule has 0 radical (unpaired) electrons. The number of aliphatic imine (C=N–C) groups is 1. The number of rotatable bonds is 9. The Labute approximate surface area is 183 Å². The number of ether oxygens (including phenoxy) is 2. The lowest BCUT2D eigenvalue weighted by molar-refractivity contribution is -0.0504. The number of methoxy groups -OCH3 is 1. The van der Waals surface area contributed by atoms with Gasteiger partial charge < -0.3 is 20.1 Å². The van der Waals surface area contributed by atoms with Crippen LogP contribution >= 0.6 is 24.0 Å². The van der Waals surface area contributed by atoms with Crippen LogP contribution in [-0.2, 0) is 11.3 Å². The van der Waals surface area contributed by atoms with E-state index in [1.54, 1.807) is 26.3 Å². The summed E-state index contributed by atoms with van der Waals surface area (Å²) in [5.41, 5.74) is 1.90. The molecule has 1 saturated carbocycles. The third-order valence-electron chi connectivity index (χ3n) is 5.23. The van der Waals surface area contributed by atoms with Crippen LogP contribution in [0.5, 0.6) is 5.75 Å². The fraction of sp³-hybridized carbons (Fsp3) is 0.650. The lowest BCUT2D eigenvalue weighted by atomic mass is 9.83. The molecule has 0 atom stereocenters. The molecule has 2 rings (SSSR count). The number of guanidine groups is 1. The highest BCUT2D eigenvalue weighted by Gasteiger charge is 2.33. The van der Waals surface area contributed by atoms with Gasteiger partial charge in [0.2, 0.25) is 0 Å². The van der Waals surface area contributed by atoms with Gasteiger partial charge in [0, 0.05) is 39.4 Å². The Morgan fingerprint density at radius 1 is 1.25 bits per heavy atom. The molecule has 1 aliphatic carbocycles. The zero-order valence-electron chi connectivity index (χ0n) is 16.9. The van der Waals surface area contributed by atoms with Crippen LogP contribution in [0.2, 0.25) is 0 Å². The van der Waals surface area contributed by atoms with Gasteiger partial charge >= 0.3 is 6.61 Å². The van der Waals surface area contributed by atoms with Crippen LogP contribution in [0, 0.1) is 12.3 Å². The van der Waals surface area contributed by atoms with Crippen LogP contribution in [0.15, 0.2) is 23.2 Å². The number of nitrogens with one attached hydrogen (secondary N) is 2. The van der Waals surface area contributed by atoms with Crippen LogP contribution in [0.4, 0.5) is 8.78 Å². The van der Waals surface area contributed by atoms with Crippen molar-refractivity contribution >= 4 is 29.9 Å². The van der Waals surface area contributed by atoms with E-state index in [4.69, 9.17) is 4.74 Å². The summed E-state index contributed by atoms with van der Waals surface area (Å²) in [6.45, 7) is 1.01. The maximum atomic E-state index is 12.6. The van der Waals surface area contributed by atoms with E-state index >= 15 is 0 Å². The zero-order valence-corrected chi connectivity index (χ0v) is 19.2. The minimum atomic E-state index is -2.84. The SMILES string of the molecule is CN=C(NCc1cc(C)ccc1OC(F)F)NCC1(CCOC)CCCC1.I. The van der Waals surface area contributed by atoms with Crippen LogP contribution in [0.3, 0.4) is 0 Å². The molecule has 1 fully saturated rings. The fourth-order valence-electron chi connectivity index (χ4n) is 3.69. The van der Waals surface area contributed by atoms with E-state index in [2.05, 4.69) is 20.4 Å². The van der Waals surface area contributed by atoms with Crippen LogP contribution in [0.25, 0.3) is 0 Å². The third-order valence-corrected chi connectivity index (χ3v) is 5.23. The first-order chi connectivity index (χ1) is 13.0. The van der Waals surface area contributed by atoms with Gasteiger partial charge in [-0.25, -0.2) is 0 Å².